The Bertz CT molecular complexity index is 427. The summed E-state index contributed by atoms with van der Waals surface area (Å²) in [5.41, 5.74) is 7.09. The van der Waals surface area contributed by atoms with E-state index in [9.17, 15) is 0 Å². The zero-order chi connectivity index (χ0) is 12.8. The predicted octanol–water partition coefficient (Wildman–Crippen LogP) is 1.99. The van der Waals surface area contributed by atoms with E-state index in [1.807, 2.05) is 12.1 Å². The lowest BCUT2D eigenvalue weighted by Crippen LogP contribution is -2.33. The molecule has 0 spiro atoms. The summed E-state index contributed by atoms with van der Waals surface area (Å²) in [6.45, 7) is 1.14. The van der Waals surface area contributed by atoms with Crippen LogP contribution in [0.25, 0.3) is 0 Å². The molecule has 4 nitrogen and oxygen atoms in total. The summed E-state index contributed by atoms with van der Waals surface area (Å²) in [5.74, 6) is 0.459. The van der Waals surface area contributed by atoms with Gasteiger partial charge in [-0.05, 0) is 31.4 Å². The van der Waals surface area contributed by atoms with Gasteiger partial charge in [0.15, 0.2) is 0 Å². The van der Waals surface area contributed by atoms with Gasteiger partial charge in [-0.3, -0.25) is 0 Å². The molecule has 0 aromatic carbocycles. The zero-order valence-electron chi connectivity index (χ0n) is 10.5. The molecule has 4 heteroatoms. The van der Waals surface area contributed by atoms with Crippen LogP contribution in [0.4, 0.5) is 0 Å². The van der Waals surface area contributed by atoms with Crippen LogP contribution < -0.4 is 5.73 Å². The van der Waals surface area contributed by atoms with Crippen LogP contribution in [0.5, 0.6) is 0 Å². The number of ether oxygens (including phenoxy) is 1. The first kappa shape index (κ1) is 13.0. The highest BCUT2D eigenvalue weighted by atomic mass is 16.5. The number of nitriles is 1. The zero-order valence-corrected chi connectivity index (χ0v) is 10.5. The fourth-order valence-electron chi connectivity index (χ4n) is 2.52. The van der Waals surface area contributed by atoms with Gasteiger partial charge in [0.05, 0.1) is 12.7 Å². The quantitative estimate of drug-likeness (QED) is 0.880. The van der Waals surface area contributed by atoms with Crippen molar-refractivity contribution in [2.45, 2.75) is 38.4 Å². The highest BCUT2D eigenvalue weighted by molar-refractivity contribution is 5.29. The lowest BCUT2D eigenvalue weighted by Gasteiger charge is -2.30. The van der Waals surface area contributed by atoms with Gasteiger partial charge in [0.25, 0.3) is 0 Å². The predicted molar refractivity (Wildman–Crippen MR) is 68.5 cm³/mol. The van der Waals surface area contributed by atoms with Crippen molar-refractivity contribution in [2.24, 2.45) is 11.7 Å². The molecule has 2 atom stereocenters. The summed E-state index contributed by atoms with van der Waals surface area (Å²) in [4.78, 5) is 4.03. The number of aromatic nitrogens is 1. The van der Waals surface area contributed by atoms with Gasteiger partial charge >= 0.3 is 0 Å². The molecular weight excluding hydrogens is 226 g/mol. The monoisotopic (exact) mass is 245 g/mol. The van der Waals surface area contributed by atoms with Crippen molar-refractivity contribution < 1.29 is 4.74 Å². The van der Waals surface area contributed by atoms with Gasteiger partial charge in [-0.25, -0.2) is 4.98 Å². The molecule has 0 saturated heterocycles. The first-order valence-corrected chi connectivity index (χ1v) is 6.51. The maximum absolute atomic E-state index is 8.97. The Labute approximate surface area is 108 Å². The van der Waals surface area contributed by atoms with Crippen molar-refractivity contribution in [1.82, 2.24) is 4.98 Å². The van der Waals surface area contributed by atoms with E-state index in [-0.39, 0.29) is 6.10 Å². The molecule has 1 aromatic heterocycles. The fraction of sp³-hybridized carbons (Fsp3) is 0.571. The summed E-state index contributed by atoms with van der Waals surface area (Å²) >= 11 is 0. The third kappa shape index (κ3) is 3.06. The van der Waals surface area contributed by atoms with Gasteiger partial charge < -0.3 is 10.5 Å². The third-order valence-electron chi connectivity index (χ3n) is 3.59. The van der Waals surface area contributed by atoms with E-state index >= 15 is 0 Å². The lowest BCUT2D eigenvalue weighted by molar-refractivity contribution is -0.0184. The van der Waals surface area contributed by atoms with Crippen LogP contribution >= 0.6 is 0 Å². The molecule has 0 aliphatic heterocycles. The van der Waals surface area contributed by atoms with Crippen LogP contribution in [0.2, 0.25) is 0 Å². The van der Waals surface area contributed by atoms with Crippen molar-refractivity contribution in [1.29, 1.82) is 5.26 Å². The Hall–Kier alpha value is -1.44. The second-order valence-corrected chi connectivity index (χ2v) is 4.75. The van der Waals surface area contributed by atoms with Crippen LogP contribution in [0.1, 0.15) is 36.9 Å². The highest BCUT2D eigenvalue weighted by Gasteiger charge is 2.24. The summed E-state index contributed by atoms with van der Waals surface area (Å²) in [5, 5.41) is 8.97. The van der Waals surface area contributed by atoms with Crippen LogP contribution in [-0.2, 0) is 11.3 Å². The van der Waals surface area contributed by atoms with E-state index in [1.54, 1.807) is 6.20 Å². The normalized spacial score (nSPS) is 23.6. The maximum atomic E-state index is 8.97. The molecule has 2 N–H and O–H groups in total. The minimum atomic E-state index is 0.232. The average Bonchev–Trinajstić information content (AvgIpc) is 2.45. The van der Waals surface area contributed by atoms with Gasteiger partial charge in [-0.15, -0.1) is 0 Å². The SMILES string of the molecule is N#Cc1ncccc1COC1CCCCC1CN. The molecule has 1 aromatic rings. The van der Waals surface area contributed by atoms with Crippen LogP contribution in [0.3, 0.4) is 0 Å². The van der Waals surface area contributed by atoms with E-state index < -0.39 is 0 Å². The molecule has 2 rings (SSSR count). The van der Waals surface area contributed by atoms with Crippen molar-refractivity contribution in [3.63, 3.8) is 0 Å². The van der Waals surface area contributed by atoms with E-state index in [1.165, 1.54) is 12.8 Å². The van der Waals surface area contributed by atoms with Gasteiger partial charge in [-0.1, -0.05) is 18.9 Å². The molecule has 2 unspecified atom stereocenters. The Morgan fingerprint density at radius 3 is 3.06 bits per heavy atom. The molecule has 1 saturated carbocycles. The number of hydrogen-bond donors (Lipinski definition) is 1. The van der Waals surface area contributed by atoms with E-state index in [2.05, 4.69) is 11.1 Å². The molecule has 1 aliphatic carbocycles. The van der Waals surface area contributed by atoms with E-state index in [4.69, 9.17) is 15.7 Å². The lowest BCUT2D eigenvalue weighted by atomic mass is 9.86. The molecule has 1 fully saturated rings. The Balaban J connectivity index is 1.96. The molecule has 0 bridgehead atoms. The number of pyridine rings is 1. The molecule has 1 heterocycles. The van der Waals surface area contributed by atoms with Gasteiger partial charge in [0, 0.05) is 11.8 Å². The molecular formula is C14H19N3O. The third-order valence-corrected chi connectivity index (χ3v) is 3.59. The molecule has 18 heavy (non-hydrogen) atoms. The maximum Gasteiger partial charge on any atom is 0.145 e. The summed E-state index contributed by atoms with van der Waals surface area (Å²) < 4.78 is 5.94. The van der Waals surface area contributed by atoms with E-state index in [0.29, 0.717) is 24.8 Å². The minimum absolute atomic E-state index is 0.232. The van der Waals surface area contributed by atoms with Crippen LogP contribution in [-0.4, -0.2) is 17.6 Å². The largest absolute Gasteiger partial charge is 0.373 e. The molecule has 96 valence electrons. The van der Waals surface area contributed by atoms with Crippen molar-refractivity contribution in [2.75, 3.05) is 6.54 Å². The second-order valence-electron chi connectivity index (χ2n) is 4.75. The van der Waals surface area contributed by atoms with E-state index in [0.717, 1.165) is 18.4 Å². The van der Waals surface area contributed by atoms with Gasteiger partial charge in [-0.2, -0.15) is 5.26 Å². The summed E-state index contributed by atoms with van der Waals surface area (Å²) in [6.07, 6.45) is 6.54. The fourth-order valence-corrected chi connectivity index (χ4v) is 2.52. The Morgan fingerprint density at radius 1 is 1.44 bits per heavy atom. The van der Waals surface area contributed by atoms with Crippen molar-refractivity contribution >= 4 is 0 Å². The number of nitrogens with two attached hydrogens (primary N) is 1. The van der Waals surface area contributed by atoms with Crippen LogP contribution in [0.15, 0.2) is 18.3 Å². The van der Waals surface area contributed by atoms with Gasteiger partial charge in [0.2, 0.25) is 0 Å². The van der Waals surface area contributed by atoms with Crippen LogP contribution in [0, 0.1) is 17.2 Å². The van der Waals surface area contributed by atoms with Crippen molar-refractivity contribution in [3.8, 4) is 6.07 Å². The average molecular weight is 245 g/mol. The number of hydrogen-bond acceptors (Lipinski definition) is 4. The Morgan fingerprint density at radius 2 is 2.28 bits per heavy atom. The first-order chi connectivity index (χ1) is 8.85. The summed E-state index contributed by atoms with van der Waals surface area (Å²) in [6, 6.07) is 5.82. The standard InChI is InChI=1S/C14H19N3O/c15-8-11-4-1-2-6-14(11)18-10-12-5-3-7-17-13(12)9-16/h3,5,7,11,14H,1-2,4,6,8,10,15H2. The topological polar surface area (TPSA) is 71.9 Å². The van der Waals surface area contributed by atoms with Gasteiger partial charge in [0.1, 0.15) is 11.8 Å². The second kappa shape index (κ2) is 6.48. The highest BCUT2D eigenvalue weighted by Crippen LogP contribution is 2.27. The molecule has 0 radical (unpaired) electrons. The smallest absolute Gasteiger partial charge is 0.145 e. The summed E-state index contributed by atoms with van der Waals surface area (Å²) in [7, 11) is 0. The Kier molecular flexibility index (Phi) is 4.68. The molecule has 0 amide bonds. The number of nitrogens with zero attached hydrogens (tertiary/aromatic N) is 2. The number of rotatable bonds is 4. The first-order valence-electron chi connectivity index (χ1n) is 6.51. The minimum Gasteiger partial charge on any atom is -0.373 e. The van der Waals surface area contributed by atoms with Crippen molar-refractivity contribution in [3.05, 3.63) is 29.6 Å². The molecule has 1 aliphatic rings.